The summed E-state index contributed by atoms with van der Waals surface area (Å²) in [5.74, 6) is 0.0125. The topological polar surface area (TPSA) is 40.0 Å². The Bertz CT molecular complexity index is 511. The Kier molecular flexibility index (Phi) is 3.14. The van der Waals surface area contributed by atoms with E-state index in [1.807, 2.05) is 30.3 Å². The average Bonchev–Trinajstić information content (AvgIpc) is 2.94. The standard InChI is InChI=1S/C15H20BNO3/c1-14(2)15(3,4)20-16(19-14)12-10-18-17-13(12)11-8-6-5-7-9-11/h5-9,12H,10H2,1-4H3. The first-order valence-electron chi connectivity index (χ1n) is 7.02. The van der Waals surface area contributed by atoms with Crippen molar-refractivity contribution < 1.29 is 14.1 Å². The smallest absolute Gasteiger partial charge is 0.403 e. The maximum absolute atomic E-state index is 6.12. The molecule has 0 radical (unpaired) electrons. The third-order valence-corrected chi connectivity index (χ3v) is 4.44. The molecule has 1 saturated heterocycles. The van der Waals surface area contributed by atoms with Gasteiger partial charge in [-0.2, -0.15) is 0 Å². The van der Waals surface area contributed by atoms with Crippen molar-refractivity contribution in [3.05, 3.63) is 35.9 Å². The van der Waals surface area contributed by atoms with Crippen molar-refractivity contribution in [1.82, 2.24) is 0 Å². The fourth-order valence-electron chi connectivity index (χ4n) is 2.47. The lowest BCUT2D eigenvalue weighted by Crippen LogP contribution is -2.41. The van der Waals surface area contributed by atoms with Crippen LogP contribution < -0.4 is 0 Å². The van der Waals surface area contributed by atoms with Crippen molar-refractivity contribution in [2.24, 2.45) is 5.16 Å². The molecule has 106 valence electrons. The second kappa shape index (κ2) is 4.60. The molecule has 4 nitrogen and oxygen atoms in total. The van der Waals surface area contributed by atoms with Crippen molar-refractivity contribution in [3.63, 3.8) is 0 Å². The van der Waals surface area contributed by atoms with E-state index in [1.54, 1.807) is 0 Å². The zero-order chi connectivity index (χ0) is 14.4. The predicted molar refractivity (Wildman–Crippen MR) is 78.8 cm³/mol. The van der Waals surface area contributed by atoms with Crippen LogP contribution in [-0.4, -0.2) is 30.6 Å². The molecule has 5 heteroatoms. The maximum atomic E-state index is 6.12. The van der Waals surface area contributed by atoms with Crippen LogP contribution >= 0.6 is 0 Å². The molecule has 1 fully saturated rings. The Labute approximate surface area is 120 Å². The second-order valence-electron chi connectivity index (χ2n) is 6.37. The lowest BCUT2D eigenvalue weighted by molar-refractivity contribution is 0.00578. The zero-order valence-electron chi connectivity index (χ0n) is 12.4. The SMILES string of the molecule is CC1(C)OB(C2CON=C2c2ccccc2)OC1(C)C. The molecule has 2 heterocycles. The lowest BCUT2D eigenvalue weighted by atomic mass is 9.68. The van der Waals surface area contributed by atoms with E-state index in [0.29, 0.717) is 6.61 Å². The van der Waals surface area contributed by atoms with Crippen LogP contribution in [0.25, 0.3) is 0 Å². The summed E-state index contributed by atoms with van der Waals surface area (Å²) in [6.45, 7) is 8.73. The second-order valence-corrected chi connectivity index (χ2v) is 6.37. The Hall–Kier alpha value is -1.33. The highest BCUT2D eigenvalue weighted by molar-refractivity contribution is 6.54. The third kappa shape index (κ3) is 2.15. The molecule has 1 aromatic carbocycles. The van der Waals surface area contributed by atoms with Crippen molar-refractivity contribution >= 4 is 12.8 Å². The van der Waals surface area contributed by atoms with Crippen LogP contribution in [-0.2, 0) is 14.1 Å². The molecular formula is C15H20BNO3. The van der Waals surface area contributed by atoms with E-state index < -0.39 is 0 Å². The molecule has 0 bridgehead atoms. The molecule has 3 rings (SSSR count). The maximum Gasteiger partial charge on any atom is 0.471 e. The summed E-state index contributed by atoms with van der Waals surface area (Å²) in [6, 6.07) is 10.1. The monoisotopic (exact) mass is 273 g/mol. The molecule has 0 saturated carbocycles. The van der Waals surface area contributed by atoms with Gasteiger partial charge in [-0.05, 0) is 33.3 Å². The normalized spacial score (nSPS) is 27.3. The summed E-state index contributed by atoms with van der Waals surface area (Å²) in [5, 5.41) is 4.18. The van der Waals surface area contributed by atoms with Crippen LogP contribution in [0.15, 0.2) is 35.5 Å². The van der Waals surface area contributed by atoms with Crippen LogP contribution in [0.3, 0.4) is 0 Å². The highest BCUT2D eigenvalue weighted by Crippen LogP contribution is 2.41. The molecule has 0 aliphatic carbocycles. The first-order chi connectivity index (χ1) is 9.41. The van der Waals surface area contributed by atoms with Crippen LogP contribution in [0.1, 0.15) is 33.3 Å². The van der Waals surface area contributed by atoms with Gasteiger partial charge in [0.15, 0.2) is 0 Å². The number of hydrogen-bond acceptors (Lipinski definition) is 4. The molecule has 0 spiro atoms. The molecule has 1 atom stereocenters. The van der Waals surface area contributed by atoms with Gasteiger partial charge in [-0.1, -0.05) is 35.5 Å². The van der Waals surface area contributed by atoms with Gasteiger partial charge in [0.25, 0.3) is 0 Å². The van der Waals surface area contributed by atoms with E-state index in [4.69, 9.17) is 14.1 Å². The minimum Gasteiger partial charge on any atom is -0.403 e. The summed E-state index contributed by atoms with van der Waals surface area (Å²) in [5.41, 5.74) is 1.30. The van der Waals surface area contributed by atoms with Gasteiger partial charge < -0.3 is 14.1 Å². The first-order valence-corrected chi connectivity index (χ1v) is 7.02. The van der Waals surface area contributed by atoms with Crippen molar-refractivity contribution in [2.45, 2.75) is 44.7 Å². The third-order valence-electron chi connectivity index (χ3n) is 4.44. The highest BCUT2D eigenvalue weighted by atomic mass is 16.7. The Balaban J connectivity index is 1.84. The Morgan fingerprint density at radius 1 is 1.05 bits per heavy atom. The van der Waals surface area contributed by atoms with Crippen molar-refractivity contribution in [3.8, 4) is 0 Å². The van der Waals surface area contributed by atoms with Gasteiger partial charge in [-0.25, -0.2) is 0 Å². The molecule has 0 amide bonds. The number of rotatable bonds is 2. The first kappa shape index (κ1) is 13.6. The lowest BCUT2D eigenvalue weighted by Gasteiger charge is -2.32. The fraction of sp³-hybridized carbons (Fsp3) is 0.533. The largest absolute Gasteiger partial charge is 0.471 e. The quantitative estimate of drug-likeness (QED) is 0.778. The molecule has 2 aliphatic heterocycles. The van der Waals surface area contributed by atoms with Gasteiger partial charge in [0.2, 0.25) is 0 Å². The van der Waals surface area contributed by atoms with E-state index in [2.05, 4.69) is 32.9 Å². The minimum absolute atomic E-state index is 0.0125. The van der Waals surface area contributed by atoms with Gasteiger partial charge >= 0.3 is 7.12 Å². The van der Waals surface area contributed by atoms with Gasteiger partial charge in [0, 0.05) is 0 Å². The average molecular weight is 273 g/mol. The van der Waals surface area contributed by atoms with Crippen molar-refractivity contribution in [1.29, 1.82) is 0 Å². The van der Waals surface area contributed by atoms with Gasteiger partial charge in [0.05, 0.1) is 22.7 Å². The summed E-state index contributed by atoms with van der Waals surface area (Å²) in [6.07, 6.45) is 0. The van der Waals surface area contributed by atoms with E-state index in [9.17, 15) is 0 Å². The van der Waals surface area contributed by atoms with Gasteiger partial charge in [-0.3, -0.25) is 0 Å². The van der Waals surface area contributed by atoms with Crippen LogP contribution in [0, 0.1) is 0 Å². The number of hydrogen-bond donors (Lipinski definition) is 0. The fourth-order valence-corrected chi connectivity index (χ4v) is 2.47. The molecule has 20 heavy (non-hydrogen) atoms. The molecule has 0 aromatic heterocycles. The Morgan fingerprint density at radius 2 is 1.65 bits per heavy atom. The molecule has 1 aromatic rings. The van der Waals surface area contributed by atoms with Crippen LogP contribution in [0.5, 0.6) is 0 Å². The van der Waals surface area contributed by atoms with Crippen molar-refractivity contribution in [2.75, 3.05) is 6.61 Å². The van der Waals surface area contributed by atoms with Gasteiger partial charge in [0.1, 0.15) is 6.61 Å². The minimum atomic E-state index is -0.331. The summed E-state index contributed by atoms with van der Waals surface area (Å²) >= 11 is 0. The highest BCUT2D eigenvalue weighted by Gasteiger charge is 2.55. The van der Waals surface area contributed by atoms with E-state index in [0.717, 1.165) is 11.3 Å². The molecule has 2 aliphatic rings. The van der Waals surface area contributed by atoms with E-state index in [-0.39, 0.29) is 24.1 Å². The van der Waals surface area contributed by atoms with Crippen LogP contribution in [0.4, 0.5) is 0 Å². The summed E-state index contributed by atoms with van der Waals surface area (Å²) < 4.78 is 12.2. The summed E-state index contributed by atoms with van der Waals surface area (Å²) in [7, 11) is -0.318. The zero-order valence-corrected chi connectivity index (χ0v) is 12.4. The number of benzene rings is 1. The number of nitrogens with zero attached hydrogens (tertiary/aromatic N) is 1. The number of oxime groups is 1. The predicted octanol–water partition coefficient (Wildman–Crippen LogP) is 2.88. The van der Waals surface area contributed by atoms with Gasteiger partial charge in [-0.15, -0.1) is 0 Å². The van der Waals surface area contributed by atoms with Crippen LogP contribution in [0.2, 0.25) is 5.82 Å². The Morgan fingerprint density at radius 3 is 2.25 bits per heavy atom. The molecule has 1 unspecified atom stereocenters. The summed E-state index contributed by atoms with van der Waals surface area (Å²) in [4.78, 5) is 5.30. The molecule has 0 N–H and O–H groups in total. The molecular weight excluding hydrogens is 253 g/mol. The van der Waals surface area contributed by atoms with E-state index >= 15 is 0 Å². The van der Waals surface area contributed by atoms with E-state index in [1.165, 1.54) is 0 Å².